The lowest BCUT2D eigenvalue weighted by Gasteiger charge is -2.11. The highest BCUT2D eigenvalue weighted by molar-refractivity contribution is 7.13. The Balaban J connectivity index is 1.81. The van der Waals surface area contributed by atoms with Gasteiger partial charge in [-0.05, 0) is 33.3 Å². The fourth-order valence-corrected chi connectivity index (χ4v) is 3.16. The SMILES string of the molecule is CCNC(=NCc1csc(N(C)C)n1)NCCCn1nc(C)cc1C. The second-order valence-corrected chi connectivity index (χ2v) is 6.98. The summed E-state index contributed by atoms with van der Waals surface area (Å²) in [6, 6.07) is 2.11. The van der Waals surface area contributed by atoms with E-state index < -0.39 is 0 Å². The zero-order valence-electron chi connectivity index (χ0n) is 15.8. The van der Waals surface area contributed by atoms with Gasteiger partial charge in [-0.3, -0.25) is 4.68 Å². The van der Waals surface area contributed by atoms with Gasteiger partial charge in [0.1, 0.15) is 0 Å². The maximum atomic E-state index is 4.62. The van der Waals surface area contributed by atoms with Gasteiger partial charge < -0.3 is 15.5 Å². The number of aryl methyl sites for hydroxylation is 3. The van der Waals surface area contributed by atoms with Crippen LogP contribution in [0.3, 0.4) is 0 Å². The van der Waals surface area contributed by atoms with Crippen molar-refractivity contribution in [3.8, 4) is 0 Å². The highest BCUT2D eigenvalue weighted by atomic mass is 32.1. The van der Waals surface area contributed by atoms with Crippen LogP contribution >= 0.6 is 11.3 Å². The van der Waals surface area contributed by atoms with Gasteiger partial charge in [0.25, 0.3) is 0 Å². The molecule has 0 bridgehead atoms. The average molecular weight is 364 g/mol. The third kappa shape index (κ3) is 6.04. The molecule has 0 unspecified atom stereocenters. The van der Waals surface area contributed by atoms with E-state index in [9.17, 15) is 0 Å². The summed E-state index contributed by atoms with van der Waals surface area (Å²) in [6.07, 6.45) is 0.994. The molecule has 0 fully saturated rings. The first-order valence-electron chi connectivity index (χ1n) is 8.64. The van der Waals surface area contributed by atoms with Gasteiger partial charge in [0.2, 0.25) is 0 Å². The van der Waals surface area contributed by atoms with Gasteiger partial charge in [-0.15, -0.1) is 11.3 Å². The van der Waals surface area contributed by atoms with Gasteiger partial charge >= 0.3 is 0 Å². The van der Waals surface area contributed by atoms with Gasteiger partial charge in [-0.2, -0.15) is 5.10 Å². The maximum absolute atomic E-state index is 4.62. The van der Waals surface area contributed by atoms with Crippen LogP contribution in [0.25, 0.3) is 0 Å². The molecule has 0 radical (unpaired) electrons. The van der Waals surface area contributed by atoms with E-state index in [-0.39, 0.29) is 0 Å². The van der Waals surface area contributed by atoms with Crippen molar-refractivity contribution in [1.82, 2.24) is 25.4 Å². The molecule has 25 heavy (non-hydrogen) atoms. The van der Waals surface area contributed by atoms with Crippen LogP contribution in [-0.4, -0.2) is 47.9 Å². The summed E-state index contributed by atoms with van der Waals surface area (Å²) >= 11 is 1.64. The van der Waals surface area contributed by atoms with Gasteiger partial charge in [0.05, 0.1) is 17.9 Å². The van der Waals surface area contributed by atoms with Crippen molar-refractivity contribution < 1.29 is 0 Å². The number of hydrogen-bond donors (Lipinski definition) is 2. The Labute approximate surface area is 154 Å². The molecule has 2 aromatic heterocycles. The molecule has 2 heterocycles. The first-order chi connectivity index (χ1) is 12.0. The fraction of sp³-hybridized carbons (Fsp3) is 0.588. The Morgan fingerprint density at radius 3 is 2.72 bits per heavy atom. The van der Waals surface area contributed by atoms with Crippen molar-refractivity contribution in [3.05, 3.63) is 28.5 Å². The molecule has 0 aliphatic heterocycles. The van der Waals surface area contributed by atoms with Crippen molar-refractivity contribution in [1.29, 1.82) is 0 Å². The summed E-state index contributed by atoms with van der Waals surface area (Å²) in [7, 11) is 4.00. The average Bonchev–Trinajstić information content (AvgIpc) is 3.15. The predicted molar refractivity (Wildman–Crippen MR) is 106 cm³/mol. The van der Waals surface area contributed by atoms with E-state index in [0.717, 1.165) is 48.5 Å². The van der Waals surface area contributed by atoms with Crippen molar-refractivity contribution in [2.24, 2.45) is 4.99 Å². The second-order valence-electron chi connectivity index (χ2n) is 6.14. The topological polar surface area (TPSA) is 70.4 Å². The molecule has 0 saturated heterocycles. The van der Waals surface area contributed by atoms with Crippen LogP contribution < -0.4 is 15.5 Å². The summed E-state index contributed by atoms with van der Waals surface area (Å²) in [6.45, 7) is 9.36. The van der Waals surface area contributed by atoms with E-state index >= 15 is 0 Å². The molecule has 0 aliphatic carbocycles. The monoisotopic (exact) mass is 363 g/mol. The van der Waals surface area contributed by atoms with Crippen molar-refractivity contribution in [3.63, 3.8) is 0 Å². The highest BCUT2D eigenvalue weighted by Crippen LogP contribution is 2.18. The van der Waals surface area contributed by atoms with E-state index in [1.54, 1.807) is 11.3 Å². The number of aliphatic imine (C=N–C) groups is 1. The van der Waals surface area contributed by atoms with Gasteiger partial charge in [0.15, 0.2) is 11.1 Å². The Hall–Kier alpha value is -2.09. The lowest BCUT2D eigenvalue weighted by atomic mass is 10.4. The van der Waals surface area contributed by atoms with Crippen LogP contribution in [0.2, 0.25) is 0 Å². The largest absolute Gasteiger partial charge is 0.357 e. The molecular formula is C17H29N7S. The van der Waals surface area contributed by atoms with Crippen molar-refractivity contribution in [2.75, 3.05) is 32.1 Å². The molecule has 0 aromatic carbocycles. The Morgan fingerprint density at radius 1 is 1.32 bits per heavy atom. The molecule has 2 N–H and O–H groups in total. The predicted octanol–water partition coefficient (Wildman–Crippen LogP) is 2.17. The Kier molecular flexibility index (Phi) is 7.24. The third-order valence-electron chi connectivity index (χ3n) is 3.61. The molecule has 138 valence electrons. The summed E-state index contributed by atoms with van der Waals surface area (Å²) < 4.78 is 2.05. The first-order valence-corrected chi connectivity index (χ1v) is 9.52. The summed E-state index contributed by atoms with van der Waals surface area (Å²) in [5, 5.41) is 14.2. The second kappa shape index (κ2) is 9.41. The lowest BCUT2D eigenvalue weighted by Crippen LogP contribution is -2.38. The molecule has 7 nitrogen and oxygen atoms in total. The zero-order chi connectivity index (χ0) is 18.2. The van der Waals surface area contributed by atoms with Crippen LogP contribution in [0.5, 0.6) is 0 Å². The summed E-state index contributed by atoms with van der Waals surface area (Å²) in [4.78, 5) is 11.2. The van der Waals surface area contributed by atoms with Gasteiger partial charge in [-0.1, -0.05) is 0 Å². The minimum absolute atomic E-state index is 0.580. The highest BCUT2D eigenvalue weighted by Gasteiger charge is 2.04. The van der Waals surface area contributed by atoms with Crippen LogP contribution in [0.15, 0.2) is 16.4 Å². The van der Waals surface area contributed by atoms with Crippen molar-refractivity contribution in [2.45, 2.75) is 40.3 Å². The van der Waals surface area contributed by atoms with E-state index in [2.05, 4.69) is 55.7 Å². The quantitative estimate of drug-likeness (QED) is 0.427. The van der Waals surface area contributed by atoms with Crippen LogP contribution in [0.4, 0.5) is 5.13 Å². The minimum atomic E-state index is 0.580. The summed E-state index contributed by atoms with van der Waals surface area (Å²) in [5.74, 6) is 0.829. The molecule has 2 aromatic rings. The molecule has 2 rings (SSSR count). The first kappa shape index (κ1) is 19.2. The normalized spacial score (nSPS) is 11.6. The number of aromatic nitrogens is 3. The molecule has 0 spiro atoms. The number of nitrogens with one attached hydrogen (secondary N) is 2. The Bertz CT molecular complexity index is 687. The maximum Gasteiger partial charge on any atom is 0.191 e. The molecule has 0 saturated carbocycles. The molecule has 8 heteroatoms. The lowest BCUT2D eigenvalue weighted by molar-refractivity contribution is 0.555. The van der Waals surface area contributed by atoms with Gasteiger partial charge in [-0.25, -0.2) is 9.98 Å². The minimum Gasteiger partial charge on any atom is -0.357 e. The standard InChI is InChI=1S/C17H29N7S/c1-6-18-16(20-11-15-12-25-17(21-15)23(4)5)19-8-7-9-24-14(3)10-13(2)22-24/h10,12H,6-9,11H2,1-5H3,(H2,18,19,20). The number of guanidine groups is 1. The van der Waals surface area contributed by atoms with E-state index in [0.29, 0.717) is 6.54 Å². The smallest absolute Gasteiger partial charge is 0.191 e. The van der Waals surface area contributed by atoms with E-state index in [1.807, 2.05) is 25.9 Å². The Morgan fingerprint density at radius 2 is 2.12 bits per heavy atom. The molecule has 0 atom stereocenters. The fourth-order valence-electron chi connectivity index (χ4n) is 2.41. The number of thiazole rings is 1. The van der Waals surface area contributed by atoms with Crippen molar-refractivity contribution >= 4 is 22.4 Å². The molecule has 0 amide bonds. The van der Waals surface area contributed by atoms with Crippen LogP contribution in [-0.2, 0) is 13.1 Å². The van der Waals surface area contributed by atoms with E-state index in [4.69, 9.17) is 0 Å². The molecule has 0 aliphatic rings. The zero-order valence-corrected chi connectivity index (χ0v) is 16.7. The number of anilines is 1. The van der Waals surface area contributed by atoms with E-state index in [1.165, 1.54) is 5.69 Å². The van der Waals surface area contributed by atoms with Gasteiger partial charge in [0, 0.05) is 44.8 Å². The van der Waals surface area contributed by atoms with Crippen LogP contribution in [0, 0.1) is 13.8 Å². The van der Waals surface area contributed by atoms with Crippen LogP contribution in [0.1, 0.15) is 30.4 Å². The number of hydrogen-bond acceptors (Lipinski definition) is 5. The number of nitrogens with zero attached hydrogens (tertiary/aromatic N) is 5. The summed E-state index contributed by atoms with van der Waals surface area (Å²) in [5.41, 5.74) is 3.27. The number of rotatable bonds is 8. The molecular weight excluding hydrogens is 334 g/mol. The third-order valence-corrected chi connectivity index (χ3v) is 4.67.